The van der Waals surface area contributed by atoms with Crippen LogP contribution in [0.15, 0.2) is 48.0 Å². The molecule has 142 valence electrons. The first kappa shape index (κ1) is 17.9. The van der Waals surface area contributed by atoms with E-state index >= 15 is 0 Å². The third-order valence-corrected chi connectivity index (χ3v) is 4.82. The maximum Gasteiger partial charge on any atom is 0.203 e. The fraction of sp³-hybridized carbons (Fsp3) is 0.182. The van der Waals surface area contributed by atoms with Gasteiger partial charge in [0.25, 0.3) is 0 Å². The smallest absolute Gasteiger partial charge is 0.203 e. The Morgan fingerprint density at radius 3 is 2.36 bits per heavy atom. The van der Waals surface area contributed by atoms with Crippen LogP contribution in [0.1, 0.15) is 21.6 Å². The number of aromatic nitrogens is 2. The predicted molar refractivity (Wildman–Crippen MR) is 106 cm³/mol. The van der Waals surface area contributed by atoms with E-state index in [4.69, 9.17) is 14.2 Å². The van der Waals surface area contributed by atoms with E-state index in [2.05, 4.69) is 10.2 Å². The Balaban J connectivity index is 1.67. The summed E-state index contributed by atoms with van der Waals surface area (Å²) in [6, 6.07) is 13.3. The van der Waals surface area contributed by atoms with Gasteiger partial charge in [-0.15, -0.1) is 0 Å². The number of nitrogens with one attached hydrogen (secondary N) is 1. The van der Waals surface area contributed by atoms with Crippen LogP contribution >= 0.6 is 0 Å². The molecule has 1 aliphatic carbocycles. The number of ether oxygens (including phenoxy) is 3. The average Bonchev–Trinajstić information content (AvgIpc) is 3.32. The topological polar surface area (TPSA) is 73.4 Å². The standard InChI is InChI=1S/C22H20N2O4/c1-26-19-10-14(11-20(27-2)22(19)28-3)18-12-16(23-24-18)9-15-8-13-6-4-5-7-17(13)21(15)25/h4-7,9-12H,8H2,1-3H3,(H,23,24). The molecule has 1 aliphatic rings. The number of methoxy groups -OCH3 is 3. The van der Waals surface area contributed by atoms with Gasteiger partial charge in [-0.05, 0) is 29.8 Å². The largest absolute Gasteiger partial charge is 0.493 e. The second-order valence-corrected chi connectivity index (χ2v) is 6.46. The minimum Gasteiger partial charge on any atom is -0.493 e. The van der Waals surface area contributed by atoms with Crippen molar-refractivity contribution in [2.45, 2.75) is 6.42 Å². The van der Waals surface area contributed by atoms with E-state index in [-0.39, 0.29) is 5.78 Å². The number of H-pyrrole nitrogens is 1. The zero-order valence-corrected chi connectivity index (χ0v) is 15.9. The number of benzene rings is 2. The lowest BCUT2D eigenvalue weighted by atomic mass is 10.1. The van der Waals surface area contributed by atoms with Crippen molar-refractivity contribution < 1.29 is 19.0 Å². The van der Waals surface area contributed by atoms with Gasteiger partial charge in [0, 0.05) is 23.1 Å². The molecule has 0 unspecified atom stereocenters. The molecule has 1 N–H and O–H groups in total. The summed E-state index contributed by atoms with van der Waals surface area (Å²) in [6.45, 7) is 0. The number of allylic oxidation sites excluding steroid dienone is 1. The van der Waals surface area contributed by atoms with Gasteiger partial charge in [-0.1, -0.05) is 24.3 Å². The summed E-state index contributed by atoms with van der Waals surface area (Å²) in [5.74, 6) is 1.71. The van der Waals surface area contributed by atoms with Crippen LogP contribution in [0, 0.1) is 0 Å². The summed E-state index contributed by atoms with van der Waals surface area (Å²) in [4.78, 5) is 12.6. The van der Waals surface area contributed by atoms with Crippen molar-refractivity contribution in [3.63, 3.8) is 0 Å². The number of ketones is 1. The van der Waals surface area contributed by atoms with E-state index in [1.54, 1.807) is 21.3 Å². The lowest BCUT2D eigenvalue weighted by molar-refractivity contribution is 0.104. The highest BCUT2D eigenvalue weighted by atomic mass is 16.5. The van der Waals surface area contributed by atoms with Gasteiger partial charge in [0.1, 0.15) is 0 Å². The molecule has 0 fully saturated rings. The van der Waals surface area contributed by atoms with E-state index in [0.717, 1.165) is 28.0 Å². The fourth-order valence-corrected chi connectivity index (χ4v) is 3.45. The first-order valence-corrected chi connectivity index (χ1v) is 8.83. The Bertz CT molecular complexity index is 1060. The summed E-state index contributed by atoms with van der Waals surface area (Å²) in [7, 11) is 4.71. The zero-order chi connectivity index (χ0) is 19.7. The molecule has 0 bridgehead atoms. The third kappa shape index (κ3) is 3.03. The van der Waals surface area contributed by atoms with E-state index in [0.29, 0.717) is 29.4 Å². The summed E-state index contributed by atoms with van der Waals surface area (Å²) >= 11 is 0. The highest BCUT2D eigenvalue weighted by molar-refractivity contribution is 6.15. The number of hydrogen-bond donors (Lipinski definition) is 1. The fourth-order valence-electron chi connectivity index (χ4n) is 3.45. The van der Waals surface area contributed by atoms with Crippen molar-refractivity contribution in [3.05, 3.63) is 64.9 Å². The molecule has 1 heterocycles. The molecule has 3 aromatic rings. The van der Waals surface area contributed by atoms with Crippen LogP contribution in [-0.4, -0.2) is 37.3 Å². The van der Waals surface area contributed by atoms with Crippen molar-refractivity contribution in [2.75, 3.05) is 21.3 Å². The van der Waals surface area contributed by atoms with Gasteiger partial charge in [-0.2, -0.15) is 5.10 Å². The van der Waals surface area contributed by atoms with Crippen molar-refractivity contribution in [2.24, 2.45) is 0 Å². The molecule has 0 spiro atoms. The van der Waals surface area contributed by atoms with Crippen LogP contribution in [0.4, 0.5) is 0 Å². The number of carbonyl (C=O) groups is 1. The van der Waals surface area contributed by atoms with Gasteiger partial charge in [-0.3, -0.25) is 9.89 Å². The maximum atomic E-state index is 12.6. The third-order valence-electron chi connectivity index (χ3n) is 4.82. The summed E-state index contributed by atoms with van der Waals surface area (Å²) < 4.78 is 16.2. The zero-order valence-electron chi connectivity index (χ0n) is 15.9. The molecule has 0 saturated heterocycles. The van der Waals surface area contributed by atoms with Crippen molar-refractivity contribution >= 4 is 11.9 Å². The Kier molecular flexibility index (Phi) is 4.61. The first-order valence-electron chi connectivity index (χ1n) is 8.83. The molecule has 4 rings (SSSR count). The van der Waals surface area contributed by atoms with Crippen molar-refractivity contribution in [1.29, 1.82) is 0 Å². The van der Waals surface area contributed by atoms with Crippen LogP contribution < -0.4 is 14.2 Å². The van der Waals surface area contributed by atoms with Crippen molar-refractivity contribution in [1.82, 2.24) is 10.2 Å². The number of nitrogens with zero attached hydrogens (tertiary/aromatic N) is 1. The number of Topliss-reactive ketones (excluding diaryl/α,β-unsaturated/α-hetero) is 1. The van der Waals surface area contributed by atoms with Crippen LogP contribution in [0.5, 0.6) is 17.2 Å². The van der Waals surface area contributed by atoms with E-state index in [9.17, 15) is 4.79 Å². The maximum absolute atomic E-state index is 12.6. The summed E-state index contributed by atoms with van der Waals surface area (Å²) in [6.07, 6.45) is 2.49. The molecule has 0 aliphatic heterocycles. The second-order valence-electron chi connectivity index (χ2n) is 6.46. The van der Waals surface area contributed by atoms with Gasteiger partial charge < -0.3 is 14.2 Å². The van der Waals surface area contributed by atoms with Crippen LogP contribution in [-0.2, 0) is 6.42 Å². The van der Waals surface area contributed by atoms with Crippen LogP contribution in [0.25, 0.3) is 17.3 Å². The number of hydrogen-bond acceptors (Lipinski definition) is 5. The molecule has 6 nitrogen and oxygen atoms in total. The monoisotopic (exact) mass is 376 g/mol. The highest BCUT2D eigenvalue weighted by Gasteiger charge is 2.24. The van der Waals surface area contributed by atoms with E-state index in [1.807, 2.05) is 48.5 Å². The SMILES string of the molecule is COc1cc(-c2cc(C=C3Cc4ccccc4C3=O)[nH]n2)cc(OC)c1OC. The molecule has 2 aromatic carbocycles. The van der Waals surface area contributed by atoms with Crippen LogP contribution in [0.2, 0.25) is 0 Å². The van der Waals surface area contributed by atoms with Crippen LogP contribution in [0.3, 0.4) is 0 Å². The van der Waals surface area contributed by atoms with Gasteiger partial charge >= 0.3 is 0 Å². The predicted octanol–water partition coefficient (Wildman–Crippen LogP) is 3.92. The second kappa shape index (κ2) is 7.23. The molecule has 6 heteroatoms. The molecule has 28 heavy (non-hydrogen) atoms. The molecule has 1 aromatic heterocycles. The lowest BCUT2D eigenvalue weighted by Crippen LogP contribution is -1.95. The lowest BCUT2D eigenvalue weighted by Gasteiger charge is -2.13. The van der Waals surface area contributed by atoms with Gasteiger partial charge in [-0.25, -0.2) is 0 Å². The minimum absolute atomic E-state index is 0.0690. The molecule has 0 amide bonds. The summed E-state index contributed by atoms with van der Waals surface area (Å²) in [5.41, 5.74) is 4.88. The van der Waals surface area contributed by atoms with Gasteiger partial charge in [0.15, 0.2) is 17.3 Å². The number of carbonyl (C=O) groups excluding carboxylic acids is 1. The Morgan fingerprint density at radius 2 is 1.71 bits per heavy atom. The molecule has 0 radical (unpaired) electrons. The average molecular weight is 376 g/mol. The first-order chi connectivity index (χ1) is 13.6. The van der Waals surface area contributed by atoms with Crippen molar-refractivity contribution in [3.8, 4) is 28.5 Å². The Morgan fingerprint density at radius 1 is 1.00 bits per heavy atom. The highest BCUT2D eigenvalue weighted by Crippen LogP contribution is 2.41. The van der Waals surface area contributed by atoms with Gasteiger partial charge in [0.05, 0.1) is 32.7 Å². The summed E-state index contributed by atoms with van der Waals surface area (Å²) in [5, 5.41) is 7.37. The molecular weight excluding hydrogens is 356 g/mol. The number of aromatic amines is 1. The minimum atomic E-state index is 0.0690. The number of rotatable bonds is 5. The quantitative estimate of drug-likeness (QED) is 0.683. The number of fused-ring (bicyclic) bond motifs is 1. The molecular formula is C22H20N2O4. The van der Waals surface area contributed by atoms with E-state index < -0.39 is 0 Å². The van der Waals surface area contributed by atoms with E-state index in [1.165, 1.54) is 0 Å². The molecule has 0 saturated carbocycles. The molecule has 0 atom stereocenters. The van der Waals surface area contributed by atoms with Gasteiger partial charge in [0.2, 0.25) is 5.75 Å². The Hall–Kier alpha value is -3.54. The normalized spacial score (nSPS) is 14.2. The Labute approximate surface area is 162 Å².